The van der Waals surface area contributed by atoms with Crippen LogP contribution >= 0.6 is 22.7 Å². The van der Waals surface area contributed by atoms with Gasteiger partial charge in [0.05, 0.1) is 11.8 Å². The summed E-state index contributed by atoms with van der Waals surface area (Å²) >= 11 is 3.35. The monoisotopic (exact) mass is 650 g/mol. The van der Waals surface area contributed by atoms with Gasteiger partial charge < -0.3 is 20.4 Å². The van der Waals surface area contributed by atoms with Crippen molar-refractivity contribution in [2.24, 2.45) is 11.8 Å². The molecule has 2 aliphatic rings. The van der Waals surface area contributed by atoms with Crippen LogP contribution in [-0.4, -0.2) is 59.6 Å². The Bertz CT molecular complexity index is 1610. The number of rotatable bonds is 10. The van der Waals surface area contributed by atoms with Gasteiger partial charge in [-0.25, -0.2) is 0 Å². The lowest BCUT2D eigenvalue weighted by Gasteiger charge is -2.16. The fourth-order valence-corrected chi connectivity index (χ4v) is 7.03. The number of hydrogen-bond acceptors (Lipinski definition) is 6. The summed E-state index contributed by atoms with van der Waals surface area (Å²) in [6, 6.07) is 22.7. The number of nitrogens with zero attached hydrogens (tertiary/aromatic N) is 2. The normalized spacial score (nSPS) is 17.6. The van der Waals surface area contributed by atoms with Gasteiger partial charge in [0, 0.05) is 71.3 Å². The van der Waals surface area contributed by atoms with Crippen molar-refractivity contribution in [2.45, 2.75) is 25.7 Å². The van der Waals surface area contributed by atoms with Crippen LogP contribution in [0.2, 0.25) is 0 Å². The second kappa shape index (κ2) is 14.6. The van der Waals surface area contributed by atoms with Crippen molar-refractivity contribution < 1.29 is 19.2 Å². The van der Waals surface area contributed by atoms with Crippen LogP contribution in [0.1, 0.15) is 33.7 Å². The largest absolute Gasteiger partial charge is 0.342 e. The molecule has 2 saturated heterocycles. The van der Waals surface area contributed by atoms with E-state index in [-0.39, 0.29) is 48.3 Å². The molecule has 2 fully saturated rings. The summed E-state index contributed by atoms with van der Waals surface area (Å²) in [5.41, 5.74) is 2.91. The topological polar surface area (TPSA) is 98.8 Å². The number of carbonyl (C=O) groups excluding carboxylic acids is 4. The number of carbonyl (C=O) groups is 4. The van der Waals surface area contributed by atoms with Gasteiger partial charge in [0.25, 0.3) is 0 Å². The van der Waals surface area contributed by atoms with Gasteiger partial charge in [0.2, 0.25) is 23.6 Å². The van der Waals surface area contributed by atoms with Gasteiger partial charge in [-0.1, -0.05) is 24.0 Å². The minimum Gasteiger partial charge on any atom is -0.342 e. The van der Waals surface area contributed by atoms with E-state index in [2.05, 4.69) is 34.6 Å². The third-order valence-corrected chi connectivity index (χ3v) is 10.1. The fourth-order valence-electron chi connectivity index (χ4n) is 5.63. The molecule has 46 heavy (non-hydrogen) atoms. The molecule has 0 saturated carbocycles. The SMILES string of the molecule is O=C(Nc1ccc(C#Cc2ccc(NC(=O)C3CC(=O)N(CCc4cccs4)C3)cc2)cc1)C1CC(=O)N(CCc2cccs2)C1. The summed E-state index contributed by atoms with van der Waals surface area (Å²) in [5, 5.41) is 9.92. The molecule has 4 amide bonds. The van der Waals surface area contributed by atoms with E-state index in [4.69, 9.17) is 0 Å². The third kappa shape index (κ3) is 8.10. The van der Waals surface area contributed by atoms with Crippen LogP contribution in [0.3, 0.4) is 0 Å². The zero-order valence-electron chi connectivity index (χ0n) is 25.2. The maximum absolute atomic E-state index is 12.8. The first-order chi connectivity index (χ1) is 22.4. The Morgan fingerprint density at radius 3 is 1.43 bits per heavy atom. The molecule has 4 aromatic rings. The Hall–Kier alpha value is -4.72. The second-order valence-corrected chi connectivity index (χ2v) is 13.6. The number of benzene rings is 2. The van der Waals surface area contributed by atoms with E-state index in [0.29, 0.717) is 37.6 Å². The molecule has 0 aliphatic carbocycles. The molecule has 0 bridgehead atoms. The molecule has 2 atom stereocenters. The van der Waals surface area contributed by atoms with Crippen molar-refractivity contribution in [1.82, 2.24) is 9.80 Å². The fraction of sp³-hybridized carbons (Fsp3) is 0.278. The minimum atomic E-state index is -0.361. The number of anilines is 2. The molecular formula is C36H34N4O4S2. The van der Waals surface area contributed by atoms with E-state index < -0.39 is 0 Å². The molecule has 234 valence electrons. The minimum absolute atomic E-state index is 0.0235. The van der Waals surface area contributed by atoms with Crippen LogP contribution < -0.4 is 10.6 Å². The van der Waals surface area contributed by atoms with Crippen molar-refractivity contribution in [3.8, 4) is 11.8 Å². The highest BCUT2D eigenvalue weighted by atomic mass is 32.1. The van der Waals surface area contributed by atoms with Gasteiger partial charge in [0.1, 0.15) is 0 Å². The molecule has 0 spiro atoms. The molecule has 2 N–H and O–H groups in total. The molecular weight excluding hydrogens is 617 g/mol. The molecule has 10 heteroatoms. The highest BCUT2D eigenvalue weighted by molar-refractivity contribution is 7.10. The van der Waals surface area contributed by atoms with E-state index >= 15 is 0 Å². The molecule has 4 heterocycles. The van der Waals surface area contributed by atoms with Crippen molar-refractivity contribution in [2.75, 3.05) is 36.8 Å². The predicted molar refractivity (Wildman–Crippen MR) is 182 cm³/mol. The smallest absolute Gasteiger partial charge is 0.229 e. The van der Waals surface area contributed by atoms with Gasteiger partial charge in [-0.2, -0.15) is 0 Å². The first-order valence-corrected chi connectivity index (χ1v) is 17.1. The maximum Gasteiger partial charge on any atom is 0.229 e. The van der Waals surface area contributed by atoms with Gasteiger partial charge >= 0.3 is 0 Å². The van der Waals surface area contributed by atoms with Crippen LogP contribution in [0.4, 0.5) is 11.4 Å². The summed E-state index contributed by atoms with van der Waals surface area (Å²) < 4.78 is 0. The molecule has 0 radical (unpaired) electrons. The number of hydrogen-bond donors (Lipinski definition) is 2. The first-order valence-electron chi connectivity index (χ1n) is 15.3. The van der Waals surface area contributed by atoms with Crippen LogP contribution in [0.5, 0.6) is 0 Å². The van der Waals surface area contributed by atoms with E-state index in [1.54, 1.807) is 32.5 Å². The van der Waals surface area contributed by atoms with Gasteiger partial charge in [-0.15, -0.1) is 22.7 Å². The zero-order chi connectivity index (χ0) is 31.9. The number of likely N-dealkylation sites (tertiary alicyclic amines) is 2. The Morgan fingerprint density at radius 2 is 1.07 bits per heavy atom. The van der Waals surface area contributed by atoms with Crippen molar-refractivity contribution in [3.05, 3.63) is 104 Å². The quantitative estimate of drug-likeness (QED) is 0.229. The average molecular weight is 651 g/mol. The average Bonchev–Trinajstić information content (AvgIpc) is 3.88. The summed E-state index contributed by atoms with van der Waals surface area (Å²) in [5.74, 6) is 5.28. The Morgan fingerprint density at radius 1 is 0.652 bits per heavy atom. The molecule has 2 unspecified atom stereocenters. The molecule has 8 nitrogen and oxygen atoms in total. The zero-order valence-corrected chi connectivity index (χ0v) is 26.9. The van der Waals surface area contributed by atoms with Crippen LogP contribution in [0, 0.1) is 23.7 Å². The lowest BCUT2D eigenvalue weighted by molar-refractivity contribution is -0.128. The lowest BCUT2D eigenvalue weighted by Crippen LogP contribution is -2.29. The molecule has 2 aromatic carbocycles. The lowest BCUT2D eigenvalue weighted by atomic mass is 10.1. The summed E-state index contributed by atoms with van der Waals surface area (Å²) in [6.07, 6.45) is 2.08. The van der Waals surface area contributed by atoms with E-state index in [9.17, 15) is 19.2 Å². The molecule has 2 aliphatic heterocycles. The van der Waals surface area contributed by atoms with Crippen molar-refractivity contribution >= 4 is 57.7 Å². The highest BCUT2D eigenvalue weighted by Gasteiger charge is 2.35. The highest BCUT2D eigenvalue weighted by Crippen LogP contribution is 2.23. The predicted octanol–water partition coefficient (Wildman–Crippen LogP) is 5.27. The Balaban J connectivity index is 0.950. The maximum atomic E-state index is 12.8. The van der Waals surface area contributed by atoms with Crippen LogP contribution in [0.25, 0.3) is 0 Å². The van der Waals surface area contributed by atoms with Gasteiger partial charge in [0.15, 0.2) is 0 Å². The van der Waals surface area contributed by atoms with E-state index in [1.165, 1.54) is 9.75 Å². The number of thiophene rings is 2. The number of nitrogens with one attached hydrogen (secondary N) is 2. The van der Waals surface area contributed by atoms with Gasteiger partial charge in [-0.05, 0) is 84.3 Å². The van der Waals surface area contributed by atoms with Crippen molar-refractivity contribution in [3.63, 3.8) is 0 Å². The summed E-state index contributed by atoms with van der Waals surface area (Å²) in [6.45, 7) is 2.15. The van der Waals surface area contributed by atoms with Crippen LogP contribution in [-0.2, 0) is 32.0 Å². The summed E-state index contributed by atoms with van der Waals surface area (Å²) in [4.78, 5) is 56.6. The molecule has 2 aromatic heterocycles. The van der Waals surface area contributed by atoms with E-state index in [1.807, 2.05) is 71.4 Å². The standard InChI is InChI=1S/C36H34N4O4S2/c41-33-21-27(23-39(33)17-15-31-3-1-19-45-31)35(43)37-29-11-7-25(8-12-29)5-6-26-9-13-30(14-10-26)38-36(44)28-22-34(42)40(24-28)18-16-32-4-2-20-46-32/h1-4,7-14,19-20,27-28H,15-18,21-24H2,(H,37,43)(H,38,44). The van der Waals surface area contributed by atoms with Crippen molar-refractivity contribution in [1.29, 1.82) is 0 Å². The molecule has 6 rings (SSSR count). The first kappa shape index (κ1) is 31.3. The van der Waals surface area contributed by atoms with E-state index in [0.717, 1.165) is 24.0 Å². The number of amides is 4. The Labute approximate surface area is 276 Å². The Kier molecular flexibility index (Phi) is 9.91. The third-order valence-electron chi connectivity index (χ3n) is 8.24. The summed E-state index contributed by atoms with van der Waals surface area (Å²) in [7, 11) is 0. The van der Waals surface area contributed by atoms with Gasteiger partial charge in [-0.3, -0.25) is 19.2 Å². The van der Waals surface area contributed by atoms with Crippen LogP contribution in [0.15, 0.2) is 83.6 Å². The second-order valence-electron chi connectivity index (χ2n) is 11.5.